The van der Waals surface area contributed by atoms with E-state index in [1.54, 1.807) is 7.11 Å². The Kier molecular flexibility index (Phi) is 2.91. The third-order valence-electron chi connectivity index (χ3n) is 2.70. The van der Waals surface area contributed by atoms with Crippen molar-refractivity contribution < 1.29 is 9.15 Å². The summed E-state index contributed by atoms with van der Waals surface area (Å²) in [5, 5.41) is 0. The van der Waals surface area contributed by atoms with Crippen LogP contribution >= 0.6 is 0 Å². The molecule has 0 atom stereocenters. The van der Waals surface area contributed by atoms with Crippen LogP contribution < -0.4 is 4.74 Å². The zero-order valence-electron chi connectivity index (χ0n) is 10.4. The Hall–Kier alpha value is -2.73. The molecule has 3 aromatic rings. The highest BCUT2D eigenvalue weighted by molar-refractivity contribution is 5.72. The van der Waals surface area contributed by atoms with Crippen molar-refractivity contribution in [1.82, 2.24) is 4.98 Å². The molecule has 0 spiro atoms. The number of oxazole rings is 1. The number of fused-ring (bicyclic) bond motifs is 1. The molecule has 2 aromatic carbocycles. The molecule has 0 fully saturated rings. The molecule has 0 aliphatic carbocycles. The van der Waals surface area contributed by atoms with E-state index in [0.717, 1.165) is 22.4 Å². The summed E-state index contributed by atoms with van der Waals surface area (Å²) in [6.07, 6.45) is 0. The van der Waals surface area contributed by atoms with Crippen molar-refractivity contribution in [2.45, 2.75) is 0 Å². The van der Waals surface area contributed by atoms with E-state index in [2.05, 4.69) is 16.8 Å². The van der Waals surface area contributed by atoms with Crippen LogP contribution in [0, 0.1) is 11.8 Å². The van der Waals surface area contributed by atoms with E-state index in [1.165, 1.54) is 0 Å². The number of para-hydroxylation sites is 2. The quantitative estimate of drug-likeness (QED) is 0.621. The van der Waals surface area contributed by atoms with Gasteiger partial charge in [-0.15, -0.1) is 0 Å². The fraction of sp³-hybridized carbons (Fsp3) is 0.0625. The molecule has 3 heteroatoms. The van der Waals surface area contributed by atoms with Gasteiger partial charge in [0.2, 0.25) is 0 Å². The van der Waals surface area contributed by atoms with Crippen molar-refractivity contribution in [3.63, 3.8) is 0 Å². The van der Waals surface area contributed by atoms with Crippen LogP contribution in [0.25, 0.3) is 11.1 Å². The molecule has 0 unspecified atom stereocenters. The minimum Gasteiger partial charge on any atom is -0.497 e. The second-order valence-electron chi connectivity index (χ2n) is 3.97. The van der Waals surface area contributed by atoms with Gasteiger partial charge in [-0.3, -0.25) is 0 Å². The average molecular weight is 249 g/mol. The van der Waals surface area contributed by atoms with Crippen LogP contribution in [0.1, 0.15) is 11.5 Å². The molecule has 0 aliphatic rings. The first-order chi connectivity index (χ1) is 9.35. The molecule has 3 nitrogen and oxygen atoms in total. The van der Waals surface area contributed by atoms with Gasteiger partial charge >= 0.3 is 0 Å². The SMILES string of the molecule is COc1ccc(C#Cc2nc3ccccc3o2)cc1. The minimum atomic E-state index is 0.428. The lowest BCUT2D eigenvalue weighted by atomic mass is 10.2. The summed E-state index contributed by atoms with van der Waals surface area (Å²) in [7, 11) is 1.64. The van der Waals surface area contributed by atoms with E-state index < -0.39 is 0 Å². The second-order valence-corrected chi connectivity index (χ2v) is 3.97. The zero-order chi connectivity index (χ0) is 13.1. The van der Waals surface area contributed by atoms with Gasteiger partial charge in [0.15, 0.2) is 5.58 Å². The van der Waals surface area contributed by atoms with Crippen molar-refractivity contribution in [1.29, 1.82) is 0 Å². The molecular weight excluding hydrogens is 238 g/mol. The van der Waals surface area contributed by atoms with Gasteiger partial charge < -0.3 is 9.15 Å². The Morgan fingerprint density at radius 1 is 1.00 bits per heavy atom. The normalized spacial score (nSPS) is 9.95. The Balaban J connectivity index is 1.89. The summed E-state index contributed by atoms with van der Waals surface area (Å²) in [4.78, 5) is 4.30. The van der Waals surface area contributed by atoms with Gasteiger partial charge in [-0.05, 0) is 42.3 Å². The lowest BCUT2D eigenvalue weighted by Crippen LogP contribution is -1.82. The predicted octanol–water partition coefficient (Wildman–Crippen LogP) is 3.24. The van der Waals surface area contributed by atoms with Gasteiger partial charge in [0.25, 0.3) is 5.89 Å². The molecule has 0 saturated carbocycles. The molecule has 1 aromatic heterocycles. The number of benzene rings is 2. The first-order valence-electron chi connectivity index (χ1n) is 5.87. The van der Waals surface area contributed by atoms with E-state index in [4.69, 9.17) is 9.15 Å². The minimum absolute atomic E-state index is 0.428. The number of aromatic nitrogens is 1. The summed E-state index contributed by atoms with van der Waals surface area (Å²) >= 11 is 0. The standard InChI is InChI=1S/C16H11NO2/c1-18-13-9-6-12(7-10-13)8-11-16-17-14-4-2-3-5-15(14)19-16/h2-7,9-10H,1H3. The number of ether oxygens (including phenoxy) is 1. The topological polar surface area (TPSA) is 35.3 Å². The highest BCUT2D eigenvalue weighted by Gasteiger charge is 2.00. The average Bonchev–Trinajstić information content (AvgIpc) is 2.88. The van der Waals surface area contributed by atoms with Crippen LogP contribution in [0.15, 0.2) is 52.9 Å². The summed E-state index contributed by atoms with van der Waals surface area (Å²) in [6, 6.07) is 15.1. The lowest BCUT2D eigenvalue weighted by Gasteiger charge is -1.97. The van der Waals surface area contributed by atoms with E-state index in [9.17, 15) is 0 Å². The maximum atomic E-state index is 5.53. The molecular formula is C16H11NO2. The maximum absolute atomic E-state index is 5.53. The second kappa shape index (κ2) is 4.87. The molecule has 0 saturated heterocycles. The Labute approximate surface area is 110 Å². The molecule has 19 heavy (non-hydrogen) atoms. The largest absolute Gasteiger partial charge is 0.497 e. The first-order valence-corrected chi connectivity index (χ1v) is 5.87. The summed E-state index contributed by atoms with van der Waals surface area (Å²) in [5.74, 6) is 7.17. The molecule has 3 rings (SSSR count). The number of nitrogens with zero attached hydrogens (tertiary/aromatic N) is 1. The van der Waals surface area contributed by atoms with Crippen molar-refractivity contribution in [3.8, 4) is 17.6 Å². The van der Waals surface area contributed by atoms with Crippen molar-refractivity contribution in [3.05, 3.63) is 60.0 Å². The number of hydrogen-bond acceptors (Lipinski definition) is 3. The van der Waals surface area contributed by atoms with Crippen LogP contribution in [-0.2, 0) is 0 Å². The summed E-state index contributed by atoms with van der Waals surface area (Å²) < 4.78 is 10.6. The Morgan fingerprint density at radius 3 is 2.53 bits per heavy atom. The highest BCUT2D eigenvalue weighted by atomic mass is 16.5. The van der Waals surface area contributed by atoms with Gasteiger partial charge in [-0.25, -0.2) is 4.98 Å². The highest BCUT2D eigenvalue weighted by Crippen LogP contribution is 2.14. The van der Waals surface area contributed by atoms with E-state index in [1.807, 2.05) is 48.5 Å². The van der Waals surface area contributed by atoms with Crippen LogP contribution in [0.3, 0.4) is 0 Å². The number of hydrogen-bond donors (Lipinski definition) is 0. The van der Waals surface area contributed by atoms with Crippen LogP contribution in [-0.4, -0.2) is 12.1 Å². The number of methoxy groups -OCH3 is 1. The Morgan fingerprint density at radius 2 is 1.79 bits per heavy atom. The van der Waals surface area contributed by atoms with E-state index in [0.29, 0.717) is 5.89 Å². The first kappa shape index (κ1) is 11.4. The maximum Gasteiger partial charge on any atom is 0.274 e. The molecule has 0 aliphatic heterocycles. The smallest absolute Gasteiger partial charge is 0.274 e. The Bertz CT molecular complexity index is 728. The number of rotatable bonds is 1. The lowest BCUT2D eigenvalue weighted by molar-refractivity contribution is 0.415. The third kappa shape index (κ3) is 2.43. The summed E-state index contributed by atoms with van der Waals surface area (Å²) in [6.45, 7) is 0. The van der Waals surface area contributed by atoms with Crippen LogP contribution in [0.4, 0.5) is 0 Å². The van der Waals surface area contributed by atoms with Crippen molar-refractivity contribution >= 4 is 11.1 Å². The fourth-order valence-corrected chi connectivity index (χ4v) is 1.73. The molecule has 92 valence electrons. The molecule has 0 radical (unpaired) electrons. The molecule has 1 heterocycles. The van der Waals surface area contributed by atoms with Gasteiger partial charge in [0.05, 0.1) is 7.11 Å². The van der Waals surface area contributed by atoms with E-state index >= 15 is 0 Å². The molecule has 0 amide bonds. The monoisotopic (exact) mass is 249 g/mol. The fourth-order valence-electron chi connectivity index (χ4n) is 1.73. The van der Waals surface area contributed by atoms with Crippen molar-refractivity contribution in [2.75, 3.05) is 7.11 Å². The summed E-state index contributed by atoms with van der Waals surface area (Å²) in [5.41, 5.74) is 2.46. The van der Waals surface area contributed by atoms with Gasteiger partial charge in [0, 0.05) is 5.56 Å². The van der Waals surface area contributed by atoms with Crippen LogP contribution in [0.2, 0.25) is 0 Å². The van der Waals surface area contributed by atoms with E-state index in [-0.39, 0.29) is 0 Å². The molecule has 0 N–H and O–H groups in total. The zero-order valence-corrected chi connectivity index (χ0v) is 10.4. The predicted molar refractivity (Wildman–Crippen MR) is 73.0 cm³/mol. The molecule has 0 bridgehead atoms. The van der Waals surface area contributed by atoms with Gasteiger partial charge in [0.1, 0.15) is 11.3 Å². The van der Waals surface area contributed by atoms with Gasteiger partial charge in [-0.1, -0.05) is 18.1 Å². The third-order valence-corrected chi connectivity index (χ3v) is 2.70. The van der Waals surface area contributed by atoms with Crippen LogP contribution in [0.5, 0.6) is 5.75 Å². The van der Waals surface area contributed by atoms with Gasteiger partial charge in [-0.2, -0.15) is 0 Å². The van der Waals surface area contributed by atoms with Crippen molar-refractivity contribution in [2.24, 2.45) is 0 Å².